The molecule has 1 heterocycles. The summed E-state index contributed by atoms with van der Waals surface area (Å²) in [6, 6.07) is 0. The van der Waals surface area contributed by atoms with Gasteiger partial charge in [0.2, 0.25) is 0 Å². The number of rotatable bonds is 6. The molecule has 0 saturated carbocycles. The third-order valence-corrected chi connectivity index (χ3v) is 2.54. The Morgan fingerprint density at radius 1 is 0.923 bits per heavy atom. The Morgan fingerprint density at radius 2 is 1.38 bits per heavy atom. The van der Waals surface area contributed by atoms with Gasteiger partial charge in [0.1, 0.15) is 0 Å². The third kappa shape index (κ3) is 4.10. The summed E-state index contributed by atoms with van der Waals surface area (Å²) in [5.74, 6) is 1.48. The van der Waals surface area contributed by atoms with E-state index in [4.69, 9.17) is 23.2 Å². The van der Waals surface area contributed by atoms with Gasteiger partial charge in [-0.3, -0.25) is 0 Å². The van der Waals surface area contributed by atoms with Gasteiger partial charge in [-0.15, -0.1) is 23.2 Å². The van der Waals surface area contributed by atoms with Crippen molar-refractivity contribution in [2.45, 2.75) is 12.8 Å². The summed E-state index contributed by atoms with van der Waals surface area (Å²) >= 11 is 11.2. The van der Waals surface area contributed by atoms with Crippen LogP contribution in [0.3, 0.4) is 0 Å². The van der Waals surface area contributed by atoms with Crippen LogP contribution < -0.4 is 0 Å². The number of hydrogen-bond donors (Lipinski definition) is 0. The number of nitrogens with zero attached hydrogens (tertiary/aromatic N) is 2. The van der Waals surface area contributed by atoms with Crippen molar-refractivity contribution in [3.8, 4) is 0 Å². The van der Waals surface area contributed by atoms with Crippen LogP contribution in [0.25, 0.3) is 0 Å². The Morgan fingerprint density at radius 3 is 1.77 bits per heavy atom. The van der Waals surface area contributed by atoms with Gasteiger partial charge < -0.3 is 9.80 Å². The molecule has 0 spiro atoms. The van der Waals surface area contributed by atoms with Crippen LogP contribution in [0.5, 0.6) is 0 Å². The van der Waals surface area contributed by atoms with E-state index in [9.17, 15) is 0 Å². The van der Waals surface area contributed by atoms with Gasteiger partial charge in [-0.25, -0.2) is 0 Å². The van der Waals surface area contributed by atoms with E-state index in [0.717, 1.165) is 44.4 Å². The fourth-order valence-corrected chi connectivity index (χ4v) is 1.57. The van der Waals surface area contributed by atoms with Crippen molar-refractivity contribution in [3.05, 3.63) is 12.4 Å². The molecule has 0 aromatic rings. The lowest BCUT2D eigenvalue weighted by Gasteiger charge is -2.20. The van der Waals surface area contributed by atoms with Crippen molar-refractivity contribution in [2.75, 3.05) is 31.5 Å². The molecule has 0 bridgehead atoms. The maximum absolute atomic E-state index is 5.62. The molecule has 0 unspecified atom stereocenters. The topological polar surface area (TPSA) is 6.48 Å². The number of halogens is 2. The van der Waals surface area contributed by atoms with Crippen molar-refractivity contribution in [1.82, 2.24) is 9.80 Å². The minimum Gasteiger partial charge on any atom is -0.359 e. The van der Waals surface area contributed by atoms with Gasteiger partial charge in [-0.1, -0.05) is 0 Å². The highest BCUT2D eigenvalue weighted by Gasteiger charge is 2.10. The molecule has 0 aliphatic carbocycles. The molecule has 0 atom stereocenters. The van der Waals surface area contributed by atoms with Gasteiger partial charge in [0.25, 0.3) is 0 Å². The highest BCUT2D eigenvalue weighted by Crippen LogP contribution is 2.07. The van der Waals surface area contributed by atoms with Crippen LogP contribution in [0.4, 0.5) is 0 Å². The zero-order valence-corrected chi connectivity index (χ0v) is 9.27. The second kappa shape index (κ2) is 6.39. The monoisotopic (exact) mass is 222 g/mol. The second-order valence-electron chi connectivity index (χ2n) is 3.15. The summed E-state index contributed by atoms with van der Waals surface area (Å²) in [6.45, 7) is 3.10. The van der Waals surface area contributed by atoms with Gasteiger partial charge >= 0.3 is 0 Å². The second-order valence-corrected chi connectivity index (χ2v) is 3.91. The predicted octanol–water partition coefficient (Wildman–Crippen LogP) is 2.29. The van der Waals surface area contributed by atoms with E-state index in [-0.39, 0.29) is 0 Å². The SMILES string of the molecule is ClCCCN1C=CN(CCCCl)C1. The van der Waals surface area contributed by atoms with Crippen molar-refractivity contribution in [3.63, 3.8) is 0 Å². The molecular formula is C9H16Cl2N2. The lowest BCUT2D eigenvalue weighted by Crippen LogP contribution is -2.27. The van der Waals surface area contributed by atoms with Gasteiger partial charge in [0.05, 0.1) is 6.67 Å². The Labute approximate surface area is 90.1 Å². The molecule has 0 amide bonds. The molecule has 1 rings (SSSR count). The molecule has 4 heteroatoms. The Bertz CT molecular complexity index is 146. The van der Waals surface area contributed by atoms with Crippen LogP contribution >= 0.6 is 23.2 Å². The molecule has 76 valence electrons. The van der Waals surface area contributed by atoms with E-state index >= 15 is 0 Å². The lowest BCUT2D eigenvalue weighted by molar-refractivity contribution is 0.266. The van der Waals surface area contributed by atoms with Crippen LogP contribution in [0.1, 0.15) is 12.8 Å². The van der Waals surface area contributed by atoms with Crippen LogP contribution in [0.2, 0.25) is 0 Å². The van der Waals surface area contributed by atoms with Crippen LogP contribution in [0.15, 0.2) is 12.4 Å². The van der Waals surface area contributed by atoms with E-state index in [1.54, 1.807) is 0 Å². The zero-order valence-electron chi connectivity index (χ0n) is 7.75. The standard InChI is InChI=1S/C9H16Cl2N2/c10-3-1-5-12-7-8-13(9-12)6-2-4-11/h7-8H,1-6,9H2. The fraction of sp³-hybridized carbons (Fsp3) is 0.778. The maximum atomic E-state index is 5.62. The predicted molar refractivity (Wildman–Crippen MR) is 58.1 cm³/mol. The third-order valence-electron chi connectivity index (χ3n) is 2.01. The van der Waals surface area contributed by atoms with Crippen molar-refractivity contribution in [2.24, 2.45) is 0 Å². The maximum Gasteiger partial charge on any atom is 0.0893 e. The molecule has 1 aliphatic rings. The van der Waals surface area contributed by atoms with Gasteiger partial charge in [-0.2, -0.15) is 0 Å². The van der Waals surface area contributed by atoms with E-state index in [1.807, 2.05) is 0 Å². The minimum atomic E-state index is 0.742. The molecule has 0 N–H and O–H groups in total. The lowest BCUT2D eigenvalue weighted by atomic mass is 10.4. The molecule has 13 heavy (non-hydrogen) atoms. The molecule has 0 radical (unpaired) electrons. The fourth-order valence-electron chi connectivity index (χ4n) is 1.33. The van der Waals surface area contributed by atoms with Crippen molar-refractivity contribution in [1.29, 1.82) is 0 Å². The molecular weight excluding hydrogens is 207 g/mol. The Balaban J connectivity index is 2.10. The molecule has 2 nitrogen and oxygen atoms in total. The average molecular weight is 223 g/mol. The Hall–Kier alpha value is -0.0800. The summed E-state index contributed by atoms with van der Waals surface area (Å²) in [6.07, 6.45) is 6.35. The van der Waals surface area contributed by atoms with Gasteiger partial charge in [-0.05, 0) is 12.8 Å². The zero-order chi connectivity index (χ0) is 9.52. The summed E-state index contributed by atoms with van der Waals surface area (Å²) in [5.41, 5.74) is 0. The molecule has 0 aromatic carbocycles. The summed E-state index contributed by atoms with van der Waals surface area (Å²) < 4.78 is 0. The van der Waals surface area contributed by atoms with E-state index < -0.39 is 0 Å². The first-order valence-electron chi connectivity index (χ1n) is 4.65. The molecule has 0 saturated heterocycles. The smallest absolute Gasteiger partial charge is 0.0893 e. The van der Waals surface area contributed by atoms with Gasteiger partial charge in [0, 0.05) is 37.2 Å². The largest absolute Gasteiger partial charge is 0.359 e. The first kappa shape index (κ1) is 11.0. The van der Waals surface area contributed by atoms with Crippen LogP contribution in [-0.2, 0) is 0 Å². The first-order chi connectivity index (χ1) is 6.36. The van der Waals surface area contributed by atoms with E-state index in [0.29, 0.717) is 0 Å². The summed E-state index contributed by atoms with van der Waals surface area (Å²) in [4.78, 5) is 4.55. The normalized spacial score (nSPS) is 15.8. The highest BCUT2D eigenvalue weighted by atomic mass is 35.5. The van der Waals surface area contributed by atoms with Crippen LogP contribution in [-0.4, -0.2) is 41.3 Å². The summed E-state index contributed by atoms with van der Waals surface area (Å²) in [7, 11) is 0. The first-order valence-corrected chi connectivity index (χ1v) is 5.72. The van der Waals surface area contributed by atoms with Crippen LogP contribution in [0, 0.1) is 0 Å². The van der Waals surface area contributed by atoms with Crippen molar-refractivity contribution < 1.29 is 0 Å². The van der Waals surface area contributed by atoms with E-state index in [2.05, 4.69) is 22.2 Å². The molecule has 0 aromatic heterocycles. The van der Waals surface area contributed by atoms with E-state index in [1.165, 1.54) is 0 Å². The quantitative estimate of drug-likeness (QED) is 0.637. The molecule has 1 aliphatic heterocycles. The van der Waals surface area contributed by atoms with Crippen molar-refractivity contribution >= 4 is 23.2 Å². The highest BCUT2D eigenvalue weighted by molar-refractivity contribution is 6.18. The average Bonchev–Trinajstić information content (AvgIpc) is 2.59. The van der Waals surface area contributed by atoms with Gasteiger partial charge in [0.15, 0.2) is 0 Å². The summed E-state index contributed by atoms with van der Waals surface area (Å²) in [5, 5.41) is 0. The minimum absolute atomic E-state index is 0.742. The molecule has 0 fully saturated rings. The Kier molecular flexibility index (Phi) is 5.40. The number of alkyl halides is 2. The number of hydrogen-bond acceptors (Lipinski definition) is 2.